The van der Waals surface area contributed by atoms with Crippen LogP contribution in [0.1, 0.15) is 90.2 Å². The third-order valence-electron chi connectivity index (χ3n) is 9.54. The molecule has 14 heteroatoms. The van der Waals surface area contributed by atoms with Gasteiger partial charge in [-0.2, -0.15) is 0 Å². The Morgan fingerprint density at radius 1 is 0.868 bits per heavy atom. The fourth-order valence-electron chi connectivity index (χ4n) is 6.75. The number of hydrogen-bond acceptors (Lipinski definition) is 9. The maximum atomic E-state index is 14.2. The van der Waals surface area contributed by atoms with Gasteiger partial charge in [-0.15, -0.1) is 0 Å². The largest absolute Gasteiger partial charge is 0.463 e. The second kappa shape index (κ2) is 18.7. The first-order valence-electron chi connectivity index (χ1n) is 18.5. The molecule has 2 aliphatic heterocycles. The van der Waals surface area contributed by atoms with Crippen LogP contribution in [0.3, 0.4) is 0 Å². The van der Waals surface area contributed by atoms with Crippen LogP contribution in [0.5, 0.6) is 0 Å². The topological polar surface area (TPSA) is 161 Å². The zero-order valence-electron chi connectivity index (χ0n) is 31.7. The molecule has 53 heavy (non-hydrogen) atoms. The molecule has 0 saturated carbocycles. The van der Waals surface area contributed by atoms with Crippen LogP contribution in [0.4, 0.5) is 10.5 Å². The summed E-state index contributed by atoms with van der Waals surface area (Å²) in [7, 11) is -3.52. The van der Waals surface area contributed by atoms with Crippen LogP contribution in [-0.2, 0) is 50.6 Å². The van der Waals surface area contributed by atoms with E-state index in [1.165, 1.54) is 10.6 Å². The molecular formula is C39H56N4O9S. The van der Waals surface area contributed by atoms with Crippen LogP contribution >= 0.6 is 0 Å². The lowest BCUT2D eigenvalue weighted by Crippen LogP contribution is -2.59. The van der Waals surface area contributed by atoms with Crippen molar-refractivity contribution < 1.29 is 41.8 Å². The number of amides is 3. The number of unbranched alkanes of at least 4 members (excludes halogenated alkanes) is 4. The number of fused-ring (bicyclic) bond motifs is 2. The van der Waals surface area contributed by atoms with Crippen molar-refractivity contribution in [2.24, 2.45) is 0 Å². The summed E-state index contributed by atoms with van der Waals surface area (Å²) < 4.78 is 43.6. The van der Waals surface area contributed by atoms with Gasteiger partial charge in [0.05, 0.1) is 25.2 Å². The standard InChI is InChI=1S/C39H56N4O9S/c1-6-7-8-9-13-20-34(44)51-27-32(40-35(45)31(41-37(47)52-38(2,3)4)26-50-25-29-16-11-10-12-17-29)36(46)42-23-21-39(22-24-42)28-43(53(5,48)49)33-19-15-14-18-30(33)39/h10-12,14-19,31-32H,6-9,13,20-28H2,1-5H3,(H,40,45)(H,41,47)/t31-,32-/m0/s1. The van der Waals surface area contributed by atoms with Crippen molar-refractivity contribution in [3.05, 3.63) is 65.7 Å². The SMILES string of the molecule is CCCCCCCC(=O)OC[C@H](NC(=O)[C@H](COCc1ccccc1)NC(=O)OC(C)(C)C)C(=O)N1CCC2(CC1)CN(S(C)(=O)=O)c1ccccc12. The highest BCUT2D eigenvalue weighted by Crippen LogP contribution is 2.47. The molecule has 2 aromatic rings. The number of esters is 1. The van der Waals surface area contributed by atoms with Crippen LogP contribution in [0.25, 0.3) is 0 Å². The summed E-state index contributed by atoms with van der Waals surface area (Å²) in [5.41, 5.74) is 1.15. The predicted octanol–water partition coefficient (Wildman–Crippen LogP) is 4.83. The van der Waals surface area contributed by atoms with Gasteiger partial charge in [0, 0.05) is 31.5 Å². The highest BCUT2D eigenvalue weighted by atomic mass is 32.2. The van der Waals surface area contributed by atoms with Crippen LogP contribution in [0.2, 0.25) is 0 Å². The van der Waals surface area contributed by atoms with Crippen molar-refractivity contribution in [2.75, 3.05) is 43.4 Å². The Balaban J connectivity index is 1.48. The van der Waals surface area contributed by atoms with E-state index in [-0.39, 0.29) is 26.2 Å². The monoisotopic (exact) mass is 756 g/mol. The minimum Gasteiger partial charge on any atom is -0.463 e. The van der Waals surface area contributed by atoms with Crippen molar-refractivity contribution in [3.63, 3.8) is 0 Å². The second-order valence-corrected chi connectivity index (χ2v) is 16.9. The number of nitrogens with one attached hydrogen (secondary N) is 2. The van der Waals surface area contributed by atoms with Gasteiger partial charge in [0.15, 0.2) is 0 Å². The first-order chi connectivity index (χ1) is 25.1. The van der Waals surface area contributed by atoms with E-state index < -0.39 is 63.6 Å². The van der Waals surface area contributed by atoms with E-state index in [1.54, 1.807) is 31.7 Å². The van der Waals surface area contributed by atoms with Gasteiger partial charge < -0.3 is 29.7 Å². The predicted molar refractivity (Wildman–Crippen MR) is 202 cm³/mol. The molecule has 1 spiro atoms. The summed E-state index contributed by atoms with van der Waals surface area (Å²) in [6, 6.07) is 14.3. The zero-order chi connectivity index (χ0) is 38.6. The number of para-hydroxylation sites is 1. The van der Waals surface area contributed by atoms with Gasteiger partial charge in [-0.3, -0.25) is 18.7 Å². The molecule has 2 aliphatic rings. The number of likely N-dealkylation sites (tertiary alicyclic amines) is 1. The summed E-state index contributed by atoms with van der Waals surface area (Å²) in [6.07, 6.45) is 6.27. The maximum absolute atomic E-state index is 14.2. The Bertz CT molecular complexity index is 1650. The van der Waals surface area contributed by atoms with Gasteiger partial charge in [0.25, 0.3) is 0 Å². The van der Waals surface area contributed by atoms with E-state index in [0.717, 1.165) is 36.8 Å². The second-order valence-electron chi connectivity index (χ2n) is 15.0. The fourth-order valence-corrected chi connectivity index (χ4v) is 7.75. The van der Waals surface area contributed by atoms with E-state index in [2.05, 4.69) is 17.6 Å². The van der Waals surface area contributed by atoms with E-state index in [1.807, 2.05) is 48.5 Å². The van der Waals surface area contributed by atoms with Gasteiger partial charge in [0.1, 0.15) is 24.3 Å². The Morgan fingerprint density at radius 3 is 2.19 bits per heavy atom. The number of alkyl carbamates (subject to hydrolysis) is 1. The highest BCUT2D eigenvalue weighted by Gasteiger charge is 2.48. The van der Waals surface area contributed by atoms with Crippen molar-refractivity contribution >= 4 is 39.6 Å². The average molecular weight is 757 g/mol. The molecule has 2 N–H and O–H groups in total. The number of hydrogen-bond donors (Lipinski definition) is 2. The van der Waals surface area contributed by atoms with Gasteiger partial charge in [0.2, 0.25) is 21.8 Å². The normalized spacial score (nSPS) is 16.4. The summed E-state index contributed by atoms with van der Waals surface area (Å²) in [5.74, 6) is -1.62. The number of ether oxygens (including phenoxy) is 3. The number of rotatable bonds is 17. The smallest absolute Gasteiger partial charge is 0.408 e. The van der Waals surface area contributed by atoms with E-state index in [9.17, 15) is 27.6 Å². The number of benzene rings is 2. The molecule has 13 nitrogen and oxygen atoms in total. The minimum atomic E-state index is -3.52. The molecule has 0 radical (unpaired) electrons. The van der Waals surface area contributed by atoms with Gasteiger partial charge in [-0.05, 0) is 57.2 Å². The Morgan fingerprint density at radius 2 is 1.53 bits per heavy atom. The van der Waals surface area contributed by atoms with Crippen molar-refractivity contribution in [1.82, 2.24) is 15.5 Å². The van der Waals surface area contributed by atoms with Crippen LogP contribution < -0.4 is 14.9 Å². The summed E-state index contributed by atoms with van der Waals surface area (Å²) in [6.45, 7) is 7.64. The Hall–Kier alpha value is -4.17. The molecular weight excluding hydrogens is 701 g/mol. The molecule has 0 aromatic heterocycles. The van der Waals surface area contributed by atoms with Gasteiger partial charge in [-0.25, -0.2) is 13.2 Å². The first-order valence-corrected chi connectivity index (χ1v) is 20.4. The zero-order valence-corrected chi connectivity index (χ0v) is 32.5. The summed E-state index contributed by atoms with van der Waals surface area (Å²) in [5, 5.41) is 5.30. The van der Waals surface area contributed by atoms with E-state index in [4.69, 9.17) is 14.2 Å². The molecule has 3 amide bonds. The molecule has 2 atom stereocenters. The van der Waals surface area contributed by atoms with Gasteiger partial charge in [-0.1, -0.05) is 81.1 Å². The fraction of sp³-hybridized carbons (Fsp3) is 0.590. The molecule has 292 valence electrons. The Labute approximate surface area is 314 Å². The molecule has 0 unspecified atom stereocenters. The van der Waals surface area contributed by atoms with Crippen molar-refractivity contribution in [3.8, 4) is 0 Å². The minimum absolute atomic E-state index is 0.175. The lowest BCUT2D eigenvalue weighted by atomic mass is 9.74. The van der Waals surface area contributed by atoms with Crippen molar-refractivity contribution in [1.29, 1.82) is 0 Å². The first kappa shape index (κ1) is 41.6. The Kier molecular flexibility index (Phi) is 14.7. The van der Waals surface area contributed by atoms with Crippen LogP contribution in [0.15, 0.2) is 54.6 Å². The highest BCUT2D eigenvalue weighted by molar-refractivity contribution is 7.92. The quantitative estimate of drug-likeness (QED) is 0.170. The number of carbonyl (C=O) groups excluding carboxylic acids is 4. The molecule has 0 aliphatic carbocycles. The molecule has 1 fully saturated rings. The number of nitrogens with zero attached hydrogens (tertiary/aromatic N) is 2. The summed E-state index contributed by atoms with van der Waals surface area (Å²) in [4.78, 5) is 55.1. The number of carbonyl (C=O) groups is 4. The van der Waals surface area contributed by atoms with Gasteiger partial charge >= 0.3 is 12.1 Å². The lowest BCUT2D eigenvalue weighted by Gasteiger charge is -2.41. The van der Waals surface area contributed by atoms with E-state index in [0.29, 0.717) is 38.0 Å². The summed E-state index contributed by atoms with van der Waals surface area (Å²) >= 11 is 0. The number of sulfonamides is 1. The van der Waals surface area contributed by atoms with Crippen LogP contribution in [0, 0.1) is 0 Å². The van der Waals surface area contributed by atoms with Crippen LogP contribution in [-0.4, -0.2) is 94.0 Å². The molecule has 1 saturated heterocycles. The van der Waals surface area contributed by atoms with E-state index >= 15 is 0 Å². The molecule has 0 bridgehead atoms. The maximum Gasteiger partial charge on any atom is 0.408 e. The third kappa shape index (κ3) is 12.2. The lowest BCUT2D eigenvalue weighted by molar-refractivity contribution is -0.149. The van der Waals surface area contributed by atoms with Crippen molar-refractivity contribution in [2.45, 2.75) is 109 Å². The molecule has 2 heterocycles. The number of piperidine rings is 1. The molecule has 2 aromatic carbocycles. The third-order valence-corrected chi connectivity index (χ3v) is 10.7. The number of anilines is 1. The molecule has 4 rings (SSSR count). The average Bonchev–Trinajstić information content (AvgIpc) is 3.43.